The summed E-state index contributed by atoms with van der Waals surface area (Å²) in [5, 5.41) is 2.38. The van der Waals surface area contributed by atoms with Crippen LogP contribution in [-0.4, -0.2) is 12.7 Å². The molecule has 1 aromatic rings. The van der Waals surface area contributed by atoms with E-state index in [0.717, 1.165) is 5.56 Å². The van der Waals surface area contributed by atoms with Gasteiger partial charge in [0.25, 0.3) is 0 Å². The van der Waals surface area contributed by atoms with Gasteiger partial charge in [-0.1, -0.05) is 24.3 Å². The number of hydrogen-bond donors (Lipinski definition) is 1. The van der Waals surface area contributed by atoms with E-state index in [9.17, 15) is 13.2 Å². The first kappa shape index (κ1) is 11.5. The zero-order valence-corrected chi connectivity index (χ0v) is 8.85. The molecule has 0 bridgehead atoms. The number of nitrogens with one attached hydrogen (secondary N) is 1. The lowest BCUT2D eigenvalue weighted by atomic mass is 10.1. The molecule has 0 radical (unpaired) electrons. The van der Waals surface area contributed by atoms with Gasteiger partial charge in [0, 0.05) is 6.54 Å². The standard InChI is InChI=1S/C12H14F3N/c13-12(14,15)8-16-7-9-1-3-10(4-2-9)11-5-6-11/h1-4,11,16H,5-8H2. The SMILES string of the molecule is FC(F)(F)CNCc1ccc(C2CC2)cc1. The Bertz CT molecular complexity index is 338. The molecular weight excluding hydrogens is 215 g/mol. The quantitative estimate of drug-likeness (QED) is 0.835. The van der Waals surface area contributed by atoms with Gasteiger partial charge in [-0.2, -0.15) is 13.2 Å². The highest BCUT2D eigenvalue weighted by Gasteiger charge is 2.26. The summed E-state index contributed by atoms with van der Waals surface area (Å²) in [7, 11) is 0. The Balaban J connectivity index is 1.81. The molecule has 0 aliphatic heterocycles. The van der Waals surface area contributed by atoms with Gasteiger partial charge in [0.15, 0.2) is 0 Å². The van der Waals surface area contributed by atoms with Crippen molar-refractivity contribution in [1.29, 1.82) is 0 Å². The maximum Gasteiger partial charge on any atom is 0.401 e. The summed E-state index contributed by atoms with van der Waals surface area (Å²) in [5.74, 6) is 0.692. The van der Waals surface area contributed by atoms with Gasteiger partial charge in [0.2, 0.25) is 0 Å². The van der Waals surface area contributed by atoms with Crippen LogP contribution in [-0.2, 0) is 6.54 Å². The number of benzene rings is 1. The highest BCUT2D eigenvalue weighted by atomic mass is 19.4. The summed E-state index contributed by atoms with van der Waals surface area (Å²) >= 11 is 0. The molecule has 88 valence electrons. The highest BCUT2D eigenvalue weighted by Crippen LogP contribution is 2.39. The second kappa shape index (κ2) is 4.45. The van der Waals surface area contributed by atoms with Crippen molar-refractivity contribution in [3.8, 4) is 0 Å². The van der Waals surface area contributed by atoms with Crippen molar-refractivity contribution in [1.82, 2.24) is 5.32 Å². The third kappa shape index (κ3) is 3.52. The van der Waals surface area contributed by atoms with Crippen molar-refractivity contribution in [2.45, 2.75) is 31.5 Å². The van der Waals surface area contributed by atoms with E-state index < -0.39 is 12.7 Å². The molecule has 0 saturated heterocycles. The van der Waals surface area contributed by atoms with Crippen LogP contribution in [0.1, 0.15) is 29.9 Å². The Labute approximate surface area is 92.7 Å². The molecule has 0 amide bonds. The number of rotatable bonds is 4. The molecule has 0 aromatic heterocycles. The van der Waals surface area contributed by atoms with Gasteiger partial charge in [0.1, 0.15) is 0 Å². The van der Waals surface area contributed by atoms with Crippen LogP contribution in [0.15, 0.2) is 24.3 Å². The average molecular weight is 229 g/mol. The Hall–Kier alpha value is -1.03. The maximum absolute atomic E-state index is 11.9. The second-order valence-electron chi connectivity index (χ2n) is 4.23. The van der Waals surface area contributed by atoms with E-state index in [4.69, 9.17) is 0 Å². The van der Waals surface area contributed by atoms with Gasteiger partial charge in [-0.3, -0.25) is 0 Å². The van der Waals surface area contributed by atoms with E-state index in [1.807, 2.05) is 24.3 Å². The van der Waals surface area contributed by atoms with Gasteiger partial charge in [0.05, 0.1) is 6.54 Å². The smallest absolute Gasteiger partial charge is 0.305 e. The summed E-state index contributed by atoms with van der Waals surface area (Å²) in [6, 6.07) is 7.83. The molecular formula is C12H14F3N. The molecule has 1 aliphatic rings. The van der Waals surface area contributed by atoms with E-state index in [0.29, 0.717) is 5.92 Å². The Morgan fingerprint density at radius 3 is 2.25 bits per heavy atom. The first-order valence-electron chi connectivity index (χ1n) is 5.41. The molecule has 4 heteroatoms. The van der Waals surface area contributed by atoms with Gasteiger partial charge in [-0.25, -0.2) is 0 Å². The summed E-state index contributed by atoms with van der Waals surface area (Å²) in [4.78, 5) is 0. The molecule has 16 heavy (non-hydrogen) atoms. The number of halogens is 3. The molecule has 0 unspecified atom stereocenters. The van der Waals surface area contributed by atoms with E-state index in [-0.39, 0.29) is 6.54 Å². The van der Waals surface area contributed by atoms with Crippen LogP contribution in [0.4, 0.5) is 13.2 Å². The molecule has 1 N–H and O–H groups in total. The third-order valence-corrected chi connectivity index (χ3v) is 2.68. The molecule has 2 rings (SSSR count). The fourth-order valence-electron chi connectivity index (χ4n) is 1.67. The van der Waals surface area contributed by atoms with E-state index in [1.165, 1.54) is 18.4 Å². The fraction of sp³-hybridized carbons (Fsp3) is 0.500. The Kier molecular flexibility index (Phi) is 3.19. The molecule has 1 aliphatic carbocycles. The molecule has 0 atom stereocenters. The lowest BCUT2D eigenvalue weighted by Gasteiger charge is -2.08. The lowest BCUT2D eigenvalue weighted by Crippen LogP contribution is -2.28. The summed E-state index contributed by atoms with van der Waals surface area (Å²) < 4.78 is 35.6. The minimum absolute atomic E-state index is 0.268. The van der Waals surface area contributed by atoms with Crippen LogP contribution in [0.5, 0.6) is 0 Å². The van der Waals surface area contributed by atoms with Crippen LogP contribution >= 0.6 is 0 Å². The predicted molar refractivity (Wildman–Crippen MR) is 56.2 cm³/mol. The van der Waals surface area contributed by atoms with Gasteiger partial charge < -0.3 is 5.32 Å². The molecule has 1 saturated carbocycles. The fourth-order valence-corrected chi connectivity index (χ4v) is 1.67. The zero-order valence-electron chi connectivity index (χ0n) is 8.85. The van der Waals surface area contributed by atoms with Crippen LogP contribution in [0.2, 0.25) is 0 Å². The van der Waals surface area contributed by atoms with Crippen molar-refractivity contribution in [2.24, 2.45) is 0 Å². The number of hydrogen-bond acceptors (Lipinski definition) is 1. The monoisotopic (exact) mass is 229 g/mol. The first-order valence-corrected chi connectivity index (χ1v) is 5.41. The van der Waals surface area contributed by atoms with Gasteiger partial charge in [-0.05, 0) is 29.9 Å². The average Bonchev–Trinajstić information content (AvgIpc) is 3.00. The van der Waals surface area contributed by atoms with Crippen molar-refractivity contribution >= 4 is 0 Å². The van der Waals surface area contributed by atoms with E-state index in [2.05, 4.69) is 5.32 Å². The van der Waals surface area contributed by atoms with Crippen LogP contribution < -0.4 is 5.32 Å². The van der Waals surface area contributed by atoms with E-state index >= 15 is 0 Å². The molecule has 1 nitrogen and oxygen atoms in total. The highest BCUT2D eigenvalue weighted by molar-refractivity contribution is 5.27. The molecule has 1 aromatic carbocycles. The Morgan fingerprint density at radius 1 is 1.12 bits per heavy atom. The normalized spacial score (nSPS) is 16.4. The lowest BCUT2D eigenvalue weighted by molar-refractivity contribution is -0.125. The molecule has 1 fully saturated rings. The first-order chi connectivity index (χ1) is 7.54. The predicted octanol–water partition coefficient (Wildman–Crippen LogP) is 3.22. The van der Waals surface area contributed by atoms with Gasteiger partial charge >= 0.3 is 6.18 Å². The maximum atomic E-state index is 11.9. The Morgan fingerprint density at radius 2 is 1.75 bits per heavy atom. The second-order valence-corrected chi connectivity index (χ2v) is 4.23. The minimum atomic E-state index is -4.13. The molecule has 0 spiro atoms. The largest absolute Gasteiger partial charge is 0.401 e. The van der Waals surface area contributed by atoms with Crippen LogP contribution in [0, 0.1) is 0 Å². The van der Waals surface area contributed by atoms with Crippen molar-refractivity contribution in [2.75, 3.05) is 6.54 Å². The van der Waals surface area contributed by atoms with Crippen LogP contribution in [0.25, 0.3) is 0 Å². The topological polar surface area (TPSA) is 12.0 Å². The summed E-state index contributed by atoms with van der Waals surface area (Å²) in [5.41, 5.74) is 2.20. The van der Waals surface area contributed by atoms with Crippen molar-refractivity contribution in [3.05, 3.63) is 35.4 Å². The van der Waals surface area contributed by atoms with Crippen LogP contribution in [0.3, 0.4) is 0 Å². The number of alkyl halides is 3. The molecule has 0 heterocycles. The zero-order chi connectivity index (χ0) is 11.6. The minimum Gasteiger partial charge on any atom is -0.305 e. The van der Waals surface area contributed by atoms with Crippen molar-refractivity contribution in [3.63, 3.8) is 0 Å². The third-order valence-electron chi connectivity index (χ3n) is 2.68. The summed E-state index contributed by atoms with van der Waals surface area (Å²) in [6.45, 7) is -0.665. The summed E-state index contributed by atoms with van der Waals surface area (Å²) in [6.07, 6.45) is -1.65. The van der Waals surface area contributed by atoms with Crippen molar-refractivity contribution < 1.29 is 13.2 Å². The van der Waals surface area contributed by atoms with Gasteiger partial charge in [-0.15, -0.1) is 0 Å². The van der Waals surface area contributed by atoms with E-state index in [1.54, 1.807) is 0 Å².